The van der Waals surface area contributed by atoms with E-state index in [9.17, 15) is 17.6 Å². The highest BCUT2D eigenvalue weighted by molar-refractivity contribution is 7.89. The number of hydrogen-bond acceptors (Lipinski definition) is 4. The van der Waals surface area contributed by atoms with Crippen LogP contribution in [0, 0.1) is 5.82 Å². The van der Waals surface area contributed by atoms with Crippen molar-refractivity contribution < 1.29 is 17.6 Å². The largest absolute Gasteiger partial charge is 0.369 e. The molecule has 1 amide bonds. The maximum atomic E-state index is 13.4. The number of piperazine rings is 1. The van der Waals surface area contributed by atoms with Gasteiger partial charge in [-0.3, -0.25) is 4.79 Å². The van der Waals surface area contributed by atoms with Crippen LogP contribution in [0.2, 0.25) is 0 Å². The van der Waals surface area contributed by atoms with Crippen LogP contribution < -0.4 is 9.80 Å². The lowest BCUT2D eigenvalue weighted by Gasteiger charge is -2.35. The van der Waals surface area contributed by atoms with Gasteiger partial charge in [-0.1, -0.05) is 31.2 Å². The Balaban J connectivity index is 1.34. The molecule has 0 N–H and O–H groups in total. The van der Waals surface area contributed by atoms with Crippen LogP contribution in [-0.2, 0) is 10.0 Å². The first-order valence-corrected chi connectivity index (χ1v) is 13.3. The molecule has 182 valence electrons. The standard InChI is InChI=1S/C27H28FN3O3S/c1-20-13-14-31(26-8-3-2-7-25(20)26)27(32)21-5-4-6-24(19-21)35(33,34)30-17-15-29(16-18-30)23-11-9-22(28)10-12-23/h2-12,19-20H,13-18H2,1H3. The topological polar surface area (TPSA) is 60.9 Å². The molecular formula is C27H28FN3O3S. The van der Waals surface area contributed by atoms with Gasteiger partial charge in [0, 0.05) is 49.7 Å². The number of carbonyl (C=O) groups is 1. The number of carbonyl (C=O) groups excluding carboxylic acids is 1. The van der Waals surface area contributed by atoms with Gasteiger partial charge in [-0.2, -0.15) is 4.31 Å². The normalized spacial score (nSPS) is 18.9. The van der Waals surface area contributed by atoms with Gasteiger partial charge in [0.1, 0.15) is 5.82 Å². The molecule has 8 heteroatoms. The summed E-state index contributed by atoms with van der Waals surface area (Å²) < 4.78 is 41.5. The maximum absolute atomic E-state index is 13.4. The fraction of sp³-hybridized carbons (Fsp3) is 0.296. The molecule has 0 spiro atoms. The molecule has 35 heavy (non-hydrogen) atoms. The number of halogens is 1. The van der Waals surface area contributed by atoms with Crippen molar-refractivity contribution >= 4 is 27.3 Å². The third kappa shape index (κ3) is 4.56. The van der Waals surface area contributed by atoms with E-state index in [1.54, 1.807) is 35.2 Å². The first-order chi connectivity index (χ1) is 16.8. The summed E-state index contributed by atoms with van der Waals surface area (Å²) in [6.45, 7) is 4.39. The van der Waals surface area contributed by atoms with E-state index in [0.717, 1.165) is 23.4 Å². The van der Waals surface area contributed by atoms with Crippen molar-refractivity contribution in [3.63, 3.8) is 0 Å². The van der Waals surface area contributed by atoms with Gasteiger partial charge in [0.15, 0.2) is 0 Å². The molecule has 2 aliphatic rings. The van der Waals surface area contributed by atoms with Crippen LogP contribution in [0.15, 0.2) is 77.7 Å². The lowest BCUT2D eigenvalue weighted by Crippen LogP contribution is -2.48. The lowest BCUT2D eigenvalue weighted by atomic mass is 9.91. The number of sulfonamides is 1. The van der Waals surface area contributed by atoms with Crippen molar-refractivity contribution in [3.05, 3.63) is 89.7 Å². The summed E-state index contributed by atoms with van der Waals surface area (Å²) in [7, 11) is -3.75. The van der Waals surface area contributed by atoms with Crippen LogP contribution in [0.5, 0.6) is 0 Å². The number of hydrogen-bond donors (Lipinski definition) is 0. The van der Waals surface area contributed by atoms with E-state index in [4.69, 9.17) is 0 Å². The molecule has 0 aromatic heterocycles. The van der Waals surface area contributed by atoms with Crippen molar-refractivity contribution in [1.82, 2.24) is 4.31 Å². The number of amides is 1. The zero-order chi connectivity index (χ0) is 24.6. The number of fused-ring (bicyclic) bond motifs is 1. The zero-order valence-corrected chi connectivity index (χ0v) is 20.4. The molecule has 0 radical (unpaired) electrons. The predicted molar refractivity (Wildman–Crippen MR) is 135 cm³/mol. The van der Waals surface area contributed by atoms with Gasteiger partial charge in [-0.25, -0.2) is 12.8 Å². The van der Waals surface area contributed by atoms with Crippen molar-refractivity contribution in [3.8, 4) is 0 Å². The molecule has 3 aromatic carbocycles. The number of benzene rings is 3. The summed E-state index contributed by atoms with van der Waals surface area (Å²) in [5.41, 5.74) is 3.25. The molecule has 1 fully saturated rings. The van der Waals surface area contributed by atoms with Gasteiger partial charge in [-0.15, -0.1) is 0 Å². The average Bonchev–Trinajstić information content (AvgIpc) is 2.89. The fourth-order valence-electron chi connectivity index (χ4n) is 4.89. The average molecular weight is 494 g/mol. The van der Waals surface area contributed by atoms with Gasteiger partial charge in [0.2, 0.25) is 10.0 Å². The second kappa shape index (κ2) is 9.43. The van der Waals surface area contributed by atoms with E-state index in [1.165, 1.54) is 22.5 Å². The van der Waals surface area contributed by atoms with Crippen LogP contribution in [0.4, 0.5) is 15.8 Å². The molecular weight excluding hydrogens is 465 g/mol. The minimum absolute atomic E-state index is 0.122. The van der Waals surface area contributed by atoms with Crippen molar-refractivity contribution in [1.29, 1.82) is 0 Å². The molecule has 3 aromatic rings. The Bertz CT molecular complexity index is 1340. The van der Waals surface area contributed by atoms with Crippen LogP contribution in [-0.4, -0.2) is 51.4 Å². The molecule has 0 bridgehead atoms. The minimum Gasteiger partial charge on any atom is -0.369 e. The summed E-state index contributed by atoms with van der Waals surface area (Å²) in [5.74, 6) is -0.120. The Labute approximate surface area is 205 Å². The van der Waals surface area contributed by atoms with E-state index in [2.05, 4.69) is 6.92 Å². The Morgan fingerprint density at radius 2 is 1.60 bits per heavy atom. The van der Waals surface area contributed by atoms with Crippen molar-refractivity contribution in [2.24, 2.45) is 0 Å². The Kier molecular flexibility index (Phi) is 6.34. The predicted octanol–water partition coefficient (Wildman–Crippen LogP) is 4.49. The molecule has 5 rings (SSSR count). The Hall–Kier alpha value is -3.23. The summed E-state index contributed by atoms with van der Waals surface area (Å²) in [6, 6.07) is 20.5. The quantitative estimate of drug-likeness (QED) is 0.537. The molecule has 1 saturated heterocycles. The van der Waals surface area contributed by atoms with Gasteiger partial charge < -0.3 is 9.80 Å². The molecule has 0 aliphatic carbocycles. The second-order valence-corrected chi connectivity index (χ2v) is 11.0. The fourth-order valence-corrected chi connectivity index (χ4v) is 6.36. The first kappa shape index (κ1) is 23.5. The van der Waals surface area contributed by atoms with Crippen LogP contribution >= 0.6 is 0 Å². The van der Waals surface area contributed by atoms with E-state index < -0.39 is 10.0 Å². The molecule has 1 unspecified atom stereocenters. The zero-order valence-electron chi connectivity index (χ0n) is 19.6. The van der Waals surface area contributed by atoms with Gasteiger partial charge in [0.25, 0.3) is 5.91 Å². The summed E-state index contributed by atoms with van der Waals surface area (Å²) in [5, 5.41) is 0. The second-order valence-electron chi connectivity index (χ2n) is 9.10. The summed E-state index contributed by atoms with van der Waals surface area (Å²) in [6.07, 6.45) is 0.860. The molecule has 6 nitrogen and oxygen atoms in total. The van der Waals surface area contributed by atoms with Crippen molar-refractivity contribution in [2.45, 2.75) is 24.2 Å². The first-order valence-electron chi connectivity index (χ1n) is 11.9. The summed E-state index contributed by atoms with van der Waals surface area (Å²) in [4.78, 5) is 17.3. The minimum atomic E-state index is -3.75. The van der Waals surface area contributed by atoms with E-state index in [0.29, 0.717) is 44.2 Å². The number of nitrogens with zero attached hydrogens (tertiary/aromatic N) is 3. The smallest absolute Gasteiger partial charge is 0.258 e. The maximum Gasteiger partial charge on any atom is 0.258 e. The summed E-state index contributed by atoms with van der Waals surface area (Å²) >= 11 is 0. The van der Waals surface area contributed by atoms with Crippen LogP contribution in [0.3, 0.4) is 0 Å². The van der Waals surface area contributed by atoms with E-state index >= 15 is 0 Å². The Morgan fingerprint density at radius 1 is 0.886 bits per heavy atom. The molecule has 2 aliphatic heterocycles. The third-order valence-electron chi connectivity index (χ3n) is 6.94. The van der Waals surface area contributed by atoms with Gasteiger partial charge in [0.05, 0.1) is 4.90 Å². The van der Waals surface area contributed by atoms with Gasteiger partial charge >= 0.3 is 0 Å². The van der Waals surface area contributed by atoms with Crippen LogP contribution in [0.1, 0.15) is 35.2 Å². The number of rotatable bonds is 4. The highest BCUT2D eigenvalue weighted by atomic mass is 32.2. The Morgan fingerprint density at radius 3 is 2.34 bits per heavy atom. The highest BCUT2D eigenvalue weighted by Crippen LogP contribution is 2.35. The van der Waals surface area contributed by atoms with Crippen molar-refractivity contribution in [2.75, 3.05) is 42.5 Å². The molecule has 0 saturated carbocycles. The van der Waals surface area contributed by atoms with E-state index in [1.807, 2.05) is 29.2 Å². The SMILES string of the molecule is CC1CCN(C(=O)c2cccc(S(=O)(=O)N3CCN(c4ccc(F)cc4)CC3)c2)c2ccccc21. The lowest BCUT2D eigenvalue weighted by molar-refractivity contribution is 0.0984. The highest BCUT2D eigenvalue weighted by Gasteiger charge is 2.31. The number of para-hydroxylation sites is 1. The molecule has 1 atom stereocenters. The van der Waals surface area contributed by atoms with Crippen LogP contribution in [0.25, 0.3) is 0 Å². The van der Waals surface area contributed by atoms with E-state index in [-0.39, 0.29) is 16.6 Å². The van der Waals surface area contributed by atoms with Gasteiger partial charge in [-0.05, 0) is 66.4 Å². The molecule has 2 heterocycles. The third-order valence-corrected chi connectivity index (χ3v) is 8.83. The monoisotopic (exact) mass is 493 g/mol. The number of anilines is 2.